The van der Waals surface area contributed by atoms with Crippen LogP contribution in [0.15, 0.2) is 0 Å². The summed E-state index contributed by atoms with van der Waals surface area (Å²) in [5, 5.41) is 0. The molecule has 0 bridgehead atoms. The predicted molar refractivity (Wildman–Crippen MR) is 50.5 cm³/mol. The Morgan fingerprint density at radius 3 is 2.25 bits per heavy atom. The van der Waals surface area contributed by atoms with Gasteiger partial charge in [-0.25, -0.2) is 0 Å². The highest BCUT2D eigenvalue weighted by atomic mass is 16.1. The Hall–Kier alpha value is -0.570. The van der Waals surface area contributed by atoms with Gasteiger partial charge in [0.2, 0.25) is 5.91 Å². The molecule has 3 heteroatoms. The van der Waals surface area contributed by atoms with E-state index in [-0.39, 0.29) is 11.9 Å². The van der Waals surface area contributed by atoms with E-state index in [1.54, 1.807) is 0 Å². The van der Waals surface area contributed by atoms with E-state index < -0.39 is 5.41 Å². The number of hydrogen-bond acceptors (Lipinski definition) is 2. The number of nitrogens with two attached hydrogens (primary N) is 2. The summed E-state index contributed by atoms with van der Waals surface area (Å²) in [6.07, 6.45) is 2.56. The standard InChI is InChI=1S/C9H20N2O/c1-4-6-7(10)9(3,5-2)8(11)12/h7H,4-6,10H2,1-3H3,(H2,11,12). The molecule has 0 rings (SSSR count). The summed E-state index contributed by atoms with van der Waals surface area (Å²) < 4.78 is 0. The lowest BCUT2D eigenvalue weighted by molar-refractivity contribution is -0.128. The molecule has 0 aromatic carbocycles. The van der Waals surface area contributed by atoms with E-state index in [0.717, 1.165) is 12.8 Å². The molecule has 1 amide bonds. The van der Waals surface area contributed by atoms with Gasteiger partial charge in [0.25, 0.3) is 0 Å². The third kappa shape index (κ3) is 2.21. The lowest BCUT2D eigenvalue weighted by Crippen LogP contribution is -2.48. The van der Waals surface area contributed by atoms with Crippen LogP contribution < -0.4 is 11.5 Å². The maximum atomic E-state index is 11.1. The van der Waals surface area contributed by atoms with Gasteiger partial charge in [-0.05, 0) is 19.8 Å². The molecular weight excluding hydrogens is 152 g/mol. The molecule has 0 aliphatic heterocycles. The molecule has 0 aromatic rings. The van der Waals surface area contributed by atoms with Crippen molar-refractivity contribution in [2.45, 2.75) is 46.1 Å². The van der Waals surface area contributed by atoms with Crippen molar-refractivity contribution in [1.82, 2.24) is 0 Å². The molecule has 0 aromatic heterocycles. The minimum absolute atomic E-state index is 0.106. The number of carbonyl (C=O) groups excluding carboxylic acids is 1. The first-order chi connectivity index (χ1) is 5.49. The molecule has 0 spiro atoms. The molecule has 0 aliphatic carbocycles. The maximum absolute atomic E-state index is 11.1. The Kier molecular flexibility index (Phi) is 4.24. The minimum Gasteiger partial charge on any atom is -0.369 e. The summed E-state index contributed by atoms with van der Waals surface area (Å²) in [5.41, 5.74) is 10.6. The second-order valence-electron chi connectivity index (χ2n) is 3.53. The zero-order valence-electron chi connectivity index (χ0n) is 8.26. The summed E-state index contributed by atoms with van der Waals surface area (Å²) in [5.74, 6) is -0.286. The number of primary amides is 1. The predicted octanol–water partition coefficient (Wildman–Crippen LogP) is 1.02. The fourth-order valence-corrected chi connectivity index (χ4v) is 1.25. The SMILES string of the molecule is CCCC(N)C(C)(CC)C(N)=O. The summed E-state index contributed by atoms with van der Waals surface area (Å²) >= 11 is 0. The average Bonchev–Trinajstić information content (AvgIpc) is 2.03. The van der Waals surface area contributed by atoms with Gasteiger partial charge in [0.15, 0.2) is 0 Å². The normalized spacial score (nSPS) is 18.3. The van der Waals surface area contributed by atoms with Crippen LogP contribution in [0.4, 0.5) is 0 Å². The van der Waals surface area contributed by atoms with Crippen molar-refractivity contribution < 1.29 is 4.79 Å². The van der Waals surface area contributed by atoms with Crippen molar-refractivity contribution in [3.63, 3.8) is 0 Å². The molecule has 0 heterocycles. The molecule has 4 N–H and O–H groups in total. The second-order valence-corrected chi connectivity index (χ2v) is 3.53. The van der Waals surface area contributed by atoms with Crippen molar-refractivity contribution in [3.05, 3.63) is 0 Å². The van der Waals surface area contributed by atoms with Gasteiger partial charge in [-0.2, -0.15) is 0 Å². The second kappa shape index (κ2) is 4.45. The molecule has 3 nitrogen and oxygen atoms in total. The van der Waals surface area contributed by atoms with Crippen LogP contribution in [0.2, 0.25) is 0 Å². The molecule has 0 aliphatic rings. The van der Waals surface area contributed by atoms with E-state index in [2.05, 4.69) is 6.92 Å². The molecule has 2 atom stereocenters. The van der Waals surface area contributed by atoms with Crippen LogP contribution in [0.1, 0.15) is 40.0 Å². The van der Waals surface area contributed by atoms with Crippen molar-refractivity contribution >= 4 is 5.91 Å². The van der Waals surface area contributed by atoms with E-state index in [9.17, 15) is 4.79 Å². The van der Waals surface area contributed by atoms with Crippen molar-refractivity contribution in [2.24, 2.45) is 16.9 Å². The summed E-state index contributed by atoms with van der Waals surface area (Å²) in [6.45, 7) is 5.84. The fourth-order valence-electron chi connectivity index (χ4n) is 1.25. The van der Waals surface area contributed by atoms with Gasteiger partial charge in [-0.3, -0.25) is 4.79 Å². The van der Waals surface area contributed by atoms with Crippen LogP contribution >= 0.6 is 0 Å². The Morgan fingerprint density at radius 2 is 2.00 bits per heavy atom. The highest BCUT2D eigenvalue weighted by molar-refractivity contribution is 5.81. The summed E-state index contributed by atoms with van der Waals surface area (Å²) in [4.78, 5) is 11.1. The number of carbonyl (C=O) groups is 1. The first-order valence-corrected chi connectivity index (χ1v) is 4.54. The monoisotopic (exact) mass is 172 g/mol. The van der Waals surface area contributed by atoms with E-state index in [0.29, 0.717) is 6.42 Å². The van der Waals surface area contributed by atoms with Crippen LogP contribution in [0, 0.1) is 5.41 Å². The van der Waals surface area contributed by atoms with Gasteiger partial charge in [0, 0.05) is 6.04 Å². The van der Waals surface area contributed by atoms with Crippen molar-refractivity contribution in [2.75, 3.05) is 0 Å². The zero-order chi connectivity index (χ0) is 9.78. The topological polar surface area (TPSA) is 69.1 Å². The first-order valence-electron chi connectivity index (χ1n) is 4.54. The van der Waals surface area contributed by atoms with Crippen LogP contribution in [-0.4, -0.2) is 11.9 Å². The van der Waals surface area contributed by atoms with Gasteiger partial charge < -0.3 is 11.5 Å². The molecular formula is C9H20N2O. The lowest BCUT2D eigenvalue weighted by atomic mass is 9.77. The molecule has 72 valence electrons. The van der Waals surface area contributed by atoms with E-state index >= 15 is 0 Å². The molecule has 0 radical (unpaired) electrons. The number of hydrogen-bond donors (Lipinski definition) is 2. The molecule has 0 fully saturated rings. The number of amides is 1. The van der Waals surface area contributed by atoms with Gasteiger partial charge >= 0.3 is 0 Å². The van der Waals surface area contributed by atoms with Gasteiger partial charge in [0.1, 0.15) is 0 Å². The quantitative estimate of drug-likeness (QED) is 0.650. The van der Waals surface area contributed by atoms with E-state index in [4.69, 9.17) is 11.5 Å². The third-order valence-corrected chi connectivity index (χ3v) is 2.72. The van der Waals surface area contributed by atoms with Gasteiger partial charge in [-0.1, -0.05) is 20.3 Å². The van der Waals surface area contributed by atoms with Crippen LogP contribution in [-0.2, 0) is 4.79 Å². The summed E-state index contributed by atoms with van der Waals surface area (Å²) in [6, 6.07) is -0.106. The van der Waals surface area contributed by atoms with Crippen molar-refractivity contribution in [3.8, 4) is 0 Å². The van der Waals surface area contributed by atoms with Crippen molar-refractivity contribution in [1.29, 1.82) is 0 Å². The van der Waals surface area contributed by atoms with E-state index in [1.807, 2.05) is 13.8 Å². The lowest BCUT2D eigenvalue weighted by Gasteiger charge is -2.30. The van der Waals surface area contributed by atoms with Crippen LogP contribution in [0.5, 0.6) is 0 Å². The smallest absolute Gasteiger partial charge is 0.224 e. The van der Waals surface area contributed by atoms with Gasteiger partial charge in [-0.15, -0.1) is 0 Å². The molecule has 0 saturated carbocycles. The average molecular weight is 172 g/mol. The Morgan fingerprint density at radius 1 is 1.50 bits per heavy atom. The Labute approximate surface area is 74.5 Å². The highest BCUT2D eigenvalue weighted by Crippen LogP contribution is 2.26. The van der Waals surface area contributed by atoms with Crippen LogP contribution in [0.3, 0.4) is 0 Å². The third-order valence-electron chi connectivity index (χ3n) is 2.72. The Balaban J connectivity index is 4.39. The maximum Gasteiger partial charge on any atom is 0.224 e. The molecule has 0 saturated heterocycles. The van der Waals surface area contributed by atoms with E-state index in [1.165, 1.54) is 0 Å². The minimum atomic E-state index is -0.532. The highest BCUT2D eigenvalue weighted by Gasteiger charge is 2.34. The largest absolute Gasteiger partial charge is 0.369 e. The Bertz CT molecular complexity index is 159. The zero-order valence-corrected chi connectivity index (χ0v) is 8.26. The summed E-state index contributed by atoms with van der Waals surface area (Å²) in [7, 11) is 0. The van der Waals surface area contributed by atoms with Crippen LogP contribution in [0.25, 0.3) is 0 Å². The van der Waals surface area contributed by atoms with Gasteiger partial charge in [0.05, 0.1) is 5.41 Å². The number of rotatable bonds is 5. The fraction of sp³-hybridized carbons (Fsp3) is 0.889. The first kappa shape index (κ1) is 11.4. The molecule has 2 unspecified atom stereocenters. The molecule has 12 heavy (non-hydrogen) atoms.